The summed E-state index contributed by atoms with van der Waals surface area (Å²) in [7, 11) is 0. The Hall–Kier alpha value is -2.02. The molecular formula is C14H11N. The molecule has 0 aromatic heterocycles. The van der Waals surface area contributed by atoms with Crippen LogP contribution in [0.1, 0.15) is 11.1 Å². The van der Waals surface area contributed by atoms with Crippen molar-refractivity contribution in [2.75, 3.05) is 5.32 Å². The van der Waals surface area contributed by atoms with Crippen LogP contribution in [0, 0.1) is 0 Å². The second-order valence-electron chi connectivity index (χ2n) is 3.67. The zero-order valence-electron chi connectivity index (χ0n) is 8.27. The summed E-state index contributed by atoms with van der Waals surface area (Å²) in [5, 5.41) is 3.37. The van der Waals surface area contributed by atoms with Crippen LogP contribution in [-0.2, 0) is 0 Å². The average molecular weight is 193 g/mol. The van der Waals surface area contributed by atoms with E-state index in [1.165, 1.54) is 11.1 Å². The quantitative estimate of drug-likeness (QED) is 0.650. The normalized spacial score (nSPS) is 11.7. The van der Waals surface area contributed by atoms with Crippen molar-refractivity contribution in [3.8, 4) is 0 Å². The van der Waals surface area contributed by atoms with Crippen LogP contribution in [-0.4, -0.2) is 0 Å². The molecule has 0 bridgehead atoms. The number of hydrogen-bond donors (Lipinski definition) is 1. The van der Waals surface area contributed by atoms with Gasteiger partial charge in [-0.05, 0) is 35.4 Å². The topological polar surface area (TPSA) is 12.0 Å². The highest BCUT2D eigenvalue weighted by atomic mass is 14.9. The first-order valence-electron chi connectivity index (χ1n) is 5.06. The van der Waals surface area contributed by atoms with Gasteiger partial charge in [-0.15, -0.1) is 0 Å². The molecule has 1 aliphatic carbocycles. The third-order valence-electron chi connectivity index (χ3n) is 2.59. The van der Waals surface area contributed by atoms with Crippen molar-refractivity contribution in [1.82, 2.24) is 0 Å². The number of anilines is 2. The van der Waals surface area contributed by atoms with Crippen LogP contribution >= 0.6 is 0 Å². The number of hydrogen-bond acceptors (Lipinski definition) is 1. The summed E-state index contributed by atoms with van der Waals surface area (Å²) in [4.78, 5) is 0. The number of fused-ring (bicyclic) bond motifs is 1. The standard InChI is InChI=1S/C14H11N/c1-2-4-13(5-3-1)15-14-9-8-11-6-7-12(11)10-14/h1-10,15H. The van der Waals surface area contributed by atoms with E-state index < -0.39 is 0 Å². The minimum Gasteiger partial charge on any atom is -0.356 e. The minimum absolute atomic E-state index is 1.13. The van der Waals surface area contributed by atoms with Gasteiger partial charge in [-0.2, -0.15) is 0 Å². The molecule has 15 heavy (non-hydrogen) atoms. The van der Waals surface area contributed by atoms with Crippen LogP contribution in [0.3, 0.4) is 0 Å². The van der Waals surface area contributed by atoms with E-state index in [0.717, 1.165) is 11.4 Å². The van der Waals surface area contributed by atoms with E-state index >= 15 is 0 Å². The maximum absolute atomic E-state index is 3.37. The summed E-state index contributed by atoms with van der Waals surface area (Å²) >= 11 is 0. The highest BCUT2D eigenvalue weighted by Gasteiger charge is 2.05. The molecule has 1 nitrogen and oxygen atoms in total. The third-order valence-corrected chi connectivity index (χ3v) is 2.59. The molecule has 0 atom stereocenters. The maximum Gasteiger partial charge on any atom is 0.0390 e. The Balaban J connectivity index is 1.87. The molecule has 0 spiro atoms. The monoisotopic (exact) mass is 193 g/mol. The zero-order chi connectivity index (χ0) is 10.1. The molecule has 0 fully saturated rings. The second-order valence-corrected chi connectivity index (χ2v) is 3.67. The van der Waals surface area contributed by atoms with Gasteiger partial charge < -0.3 is 5.32 Å². The lowest BCUT2D eigenvalue weighted by Crippen LogP contribution is -1.94. The van der Waals surface area contributed by atoms with Gasteiger partial charge in [0.15, 0.2) is 0 Å². The molecule has 0 saturated heterocycles. The molecule has 2 aromatic rings. The van der Waals surface area contributed by atoms with Crippen molar-refractivity contribution < 1.29 is 0 Å². The molecule has 0 amide bonds. The number of para-hydroxylation sites is 1. The summed E-state index contributed by atoms with van der Waals surface area (Å²) in [6.07, 6.45) is 4.26. The van der Waals surface area contributed by atoms with E-state index in [0.29, 0.717) is 0 Å². The van der Waals surface area contributed by atoms with Crippen molar-refractivity contribution in [2.45, 2.75) is 0 Å². The first-order chi connectivity index (χ1) is 7.42. The van der Waals surface area contributed by atoms with Gasteiger partial charge >= 0.3 is 0 Å². The first kappa shape index (κ1) is 8.30. The Morgan fingerprint density at radius 1 is 0.667 bits per heavy atom. The van der Waals surface area contributed by atoms with Crippen LogP contribution in [0.5, 0.6) is 0 Å². The predicted octanol–water partition coefficient (Wildman–Crippen LogP) is 3.91. The Kier molecular flexibility index (Phi) is 1.82. The molecule has 0 unspecified atom stereocenters. The van der Waals surface area contributed by atoms with Gasteiger partial charge in [-0.25, -0.2) is 0 Å². The molecule has 1 N–H and O–H groups in total. The van der Waals surface area contributed by atoms with Gasteiger partial charge in [0.1, 0.15) is 0 Å². The summed E-state index contributed by atoms with van der Waals surface area (Å²) in [5.74, 6) is 0. The largest absolute Gasteiger partial charge is 0.356 e. The molecule has 1 aliphatic rings. The highest BCUT2D eigenvalue weighted by molar-refractivity contribution is 5.87. The molecule has 1 heteroatoms. The third kappa shape index (κ3) is 1.52. The van der Waals surface area contributed by atoms with Crippen LogP contribution in [0.4, 0.5) is 11.4 Å². The summed E-state index contributed by atoms with van der Waals surface area (Å²) in [5.41, 5.74) is 4.91. The summed E-state index contributed by atoms with van der Waals surface area (Å²) in [6.45, 7) is 0. The van der Waals surface area contributed by atoms with Crippen molar-refractivity contribution in [3.63, 3.8) is 0 Å². The highest BCUT2D eigenvalue weighted by Crippen LogP contribution is 2.27. The SMILES string of the molecule is C1=Cc2cc(Nc3ccccc3)ccc21. The number of benzene rings is 2. The molecule has 2 aromatic carbocycles. The number of nitrogens with one attached hydrogen (secondary N) is 1. The fourth-order valence-corrected chi connectivity index (χ4v) is 1.72. The van der Waals surface area contributed by atoms with Gasteiger partial charge in [0.25, 0.3) is 0 Å². The fraction of sp³-hybridized carbons (Fsp3) is 0. The van der Waals surface area contributed by atoms with E-state index in [1.54, 1.807) is 0 Å². The van der Waals surface area contributed by atoms with Crippen LogP contribution in [0.25, 0.3) is 12.2 Å². The Morgan fingerprint density at radius 2 is 1.47 bits per heavy atom. The van der Waals surface area contributed by atoms with Gasteiger partial charge in [-0.1, -0.05) is 36.4 Å². The Morgan fingerprint density at radius 3 is 2.13 bits per heavy atom. The average Bonchev–Trinajstić information content (AvgIpc) is 2.24. The van der Waals surface area contributed by atoms with E-state index in [4.69, 9.17) is 0 Å². The van der Waals surface area contributed by atoms with Gasteiger partial charge in [0.05, 0.1) is 0 Å². The van der Waals surface area contributed by atoms with Crippen molar-refractivity contribution >= 4 is 23.5 Å². The Bertz CT molecular complexity index is 512. The summed E-state index contributed by atoms with van der Waals surface area (Å²) in [6, 6.07) is 16.6. The van der Waals surface area contributed by atoms with Crippen molar-refractivity contribution in [2.24, 2.45) is 0 Å². The second kappa shape index (κ2) is 3.28. The van der Waals surface area contributed by atoms with Crippen molar-refractivity contribution in [1.29, 1.82) is 0 Å². The van der Waals surface area contributed by atoms with Gasteiger partial charge in [0.2, 0.25) is 0 Å². The number of rotatable bonds is 2. The van der Waals surface area contributed by atoms with Crippen LogP contribution in [0.15, 0.2) is 48.5 Å². The van der Waals surface area contributed by atoms with E-state index in [2.05, 4.69) is 47.8 Å². The van der Waals surface area contributed by atoms with Crippen molar-refractivity contribution in [3.05, 3.63) is 59.7 Å². The molecule has 0 heterocycles. The van der Waals surface area contributed by atoms with Crippen LogP contribution < -0.4 is 5.32 Å². The van der Waals surface area contributed by atoms with Crippen LogP contribution in [0.2, 0.25) is 0 Å². The zero-order valence-corrected chi connectivity index (χ0v) is 8.27. The van der Waals surface area contributed by atoms with Gasteiger partial charge in [-0.3, -0.25) is 0 Å². The molecule has 0 radical (unpaired) electrons. The maximum atomic E-state index is 3.37. The van der Waals surface area contributed by atoms with E-state index in [1.807, 2.05) is 18.2 Å². The Labute approximate surface area is 89.1 Å². The van der Waals surface area contributed by atoms with E-state index in [-0.39, 0.29) is 0 Å². The predicted molar refractivity (Wildman–Crippen MR) is 65.1 cm³/mol. The lowest BCUT2D eigenvalue weighted by Gasteiger charge is -2.13. The smallest absolute Gasteiger partial charge is 0.0390 e. The molecule has 0 aliphatic heterocycles. The molecule has 72 valence electrons. The molecule has 3 rings (SSSR count). The fourth-order valence-electron chi connectivity index (χ4n) is 1.72. The lowest BCUT2D eigenvalue weighted by atomic mass is 9.97. The summed E-state index contributed by atoms with van der Waals surface area (Å²) < 4.78 is 0. The minimum atomic E-state index is 1.13. The first-order valence-corrected chi connectivity index (χ1v) is 5.06. The lowest BCUT2D eigenvalue weighted by molar-refractivity contribution is 1.51. The van der Waals surface area contributed by atoms with Gasteiger partial charge in [0, 0.05) is 11.4 Å². The molecule has 0 saturated carbocycles. The molecular weight excluding hydrogens is 182 g/mol. The van der Waals surface area contributed by atoms with E-state index in [9.17, 15) is 0 Å².